The van der Waals surface area contributed by atoms with Crippen LogP contribution >= 0.6 is 0 Å². The highest BCUT2D eigenvalue weighted by Gasteiger charge is 2.43. The molecule has 20 heavy (non-hydrogen) atoms. The van der Waals surface area contributed by atoms with Gasteiger partial charge < -0.3 is 5.32 Å². The Morgan fingerprint density at radius 3 is 2.15 bits per heavy atom. The zero-order chi connectivity index (χ0) is 15.8. The third kappa shape index (κ3) is 4.46. The summed E-state index contributed by atoms with van der Waals surface area (Å²) in [5.74, 6) is 0.697. The van der Waals surface area contributed by atoms with Crippen LogP contribution in [0.5, 0.6) is 0 Å². The molecule has 2 unspecified atom stereocenters. The van der Waals surface area contributed by atoms with Gasteiger partial charge in [0.15, 0.2) is 0 Å². The van der Waals surface area contributed by atoms with E-state index in [1.807, 2.05) is 0 Å². The highest BCUT2D eigenvalue weighted by atomic mass is 15.3. The number of rotatable bonds is 4. The number of nitrogens with one attached hydrogen (secondary N) is 1. The molecule has 0 spiro atoms. The average molecular weight is 283 g/mol. The van der Waals surface area contributed by atoms with Crippen molar-refractivity contribution in [3.63, 3.8) is 0 Å². The molecule has 0 radical (unpaired) electrons. The van der Waals surface area contributed by atoms with Crippen LogP contribution in [-0.2, 0) is 0 Å². The maximum atomic E-state index is 3.80. The summed E-state index contributed by atoms with van der Waals surface area (Å²) in [5, 5.41) is 3.80. The van der Waals surface area contributed by atoms with Gasteiger partial charge in [-0.15, -0.1) is 0 Å². The van der Waals surface area contributed by atoms with Gasteiger partial charge in [0, 0.05) is 30.2 Å². The largest absolute Gasteiger partial charge is 0.309 e. The molecule has 1 aliphatic heterocycles. The number of nitrogens with zero attached hydrogens (tertiary/aromatic N) is 1. The molecular formula is C18H38N2. The number of piperazine rings is 1. The lowest BCUT2D eigenvalue weighted by atomic mass is 9.77. The highest BCUT2D eigenvalue weighted by Crippen LogP contribution is 2.36. The van der Waals surface area contributed by atoms with Crippen molar-refractivity contribution in [3.05, 3.63) is 0 Å². The lowest BCUT2D eigenvalue weighted by Gasteiger charge is -2.55. The van der Waals surface area contributed by atoms with Gasteiger partial charge in [0.1, 0.15) is 0 Å². The van der Waals surface area contributed by atoms with Gasteiger partial charge >= 0.3 is 0 Å². The third-order valence-corrected chi connectivity index (χ3v) is 4.95. The first-order valence-corrected chi connectivity index (χ1v) is 8.42. The molecule has 1 heterocycles. The molecule has 120 valence electrons. The first-order valence-electron chi connectivity index (χ1n) is 8.42. The molecule has 0 aromatic carbocycles. The molecular weight excluding hydrogens is 244 g/mol. The van der Waals surface area contributed by atoms with Crippen molar-refractivity contribution in [1.29, 1.82) is 0 Å². The summed E-state index contributed by atoms with van der Waals surface area (Å²) >= 11 is 0. The smallest absolute Gasteiger partial charge is 0.0278 e. The molecule has 2 heteroatoms. The van der Waals surface area contributed by atoms with Crippen molar-refractivity contribution in [2.75, 3.05) is 13.1 Å². The van der Waals surface area contributed by atoms with E-state index in [1.54, 1.807) is 0 Å². The van der Waals surface area contributed by atoms with Crippen molar-refractivity contribution in [2.45, 2.75) is 92.3 Å². The zero-order valence-corrected chi connectivity index (χ0v) is 15.4. The van der Waals surface area contributed by atoms with Crippen molar-refractivity contribution in [3.8, 4) is 0 Å². The molecule has 0 saturated carbocycles. The predicted molar refractivity (Wildman–Crippen MR) is 90.2 cm³/mol. The monoisotopic (exact) mass is 282 g/mol. The summed E-state index contributed by atoms with van der Waals surface area (Å²) in [6, 6.07) is 0.645. The third-order valence-electron chi connectivity index (χ3n) is 4.95. The highest BCUT2D eigenvalue weighted by molar-refractivity contribution is 5.01. The van der Waals surface area contributed by atoms with E-state index in [9.17, 15) is 0 Å². The fourth-order valence-electron chi connectivity index (χ4n) is 3.90. The Hall–Kier alpha value is -0.0800. The minimum atomic E-state index is 0.256. The first-order chi connectivity index (χ1) is 8.90. The van der Waals surface area contributed by atoms with E-state index in [1.165, 1.54) is 12.8 Å². The molecule has 0 aromatic rings. The molecule has 1 rings (SSSR count). The SMILES string of the molecule is CCC1(C)CN(C(C)(C)CC(C)(C)C)C(C(C)C)CN1. The second-order valence-corrected chi connectivity index (χ2v) is 9.28. The number of hydrogen-bond acceptors (Lipinski definition) is 2. The summed E-state index contributed by atoms with van der Waals surface area (Å²) in [5.41, 5.74) is 0.894. The minimum absolute atomic E-state index is 0.256. The van der Waals surface area contributed by atoms with Crippen LogP contribution in [0.15, 0.2) is 0 Å². The lowest BCUT2D eigenvalue weighted by molar-refractivity contribution is -0.0313. The van der Waals surface area contributed by atoms with E-state index in [2.05, 4.69) is 72.5 Å². The fraction of sp³-hybridized carbons (Fsp3) is 1.00. The molecule has 2 nitrogen and oxygen atoms in total. The van der Waals surface area contributed by atoms with Crippen LogP contribution in [0.2, 0.25) is 0 Å². The van der Waals surface area contributed by atoms with E-state index in [0.717, 1.165) is 13.1 Å². The maximum Gasteiger partial charge on any atom is 0.0278 e. The first kappa shape index (κ1) is 18.0. The van der Waals surface area contributed by atoms with E-state index >= 15 is 0 Å². The Morgan fingerprint density at radius 2 is 1.75 bits per heavy atom. The Bertz CT molecular complexity index is 314. The summed E-state index contributed by atoms with van der Waals surface area (Å²) in [4.78, 5) is 2.79. The van der Waals surface area contributed by atoms with Crippen LogP contribution in [0.1, 0.15) is 75.2 Å². The molecule has 0 amide bonds. The lowest BCUT2D eigenvalue weighted by Crippen LogP contribution is -2.68. The topological polar surface area (TPSA) is 15.3 Å². The Balaban J connectivity index is 2.99. The summed E-state index contributed by atoms with van der Waals surface area (Å²) in [7, 11) is 0. The van der Waals surface area contributed by atoms with E-state index in [4.69, 9.17) is 0 Å². The molecule has 1 N–H and O–H groups in total. The summed E-state index contributed by atoms with van der Waals surface area (Å²) < 4.78 is 0. The molecule has 1 fully saturated rings. The fourth-order valence-corrected chi connectivity index (χ4v) is 3.90. The van der Waals surface area contributed by atoms with Gasteiger partial charge in [-0.05, 0) is 44.9 Å². The standard InChI is InChI=1S/C18H38N2/c1-10-18(9)13-20(15(11-19-18)14(2)3)17(7,8)12-16(4,5)6/h14-15,19H,10-13H2,1-9H3. The maximum absolute atomic E-state index is 3.80. The quantitative estimate of drug-likeness (QED) is 0.827. The predicted octanol–water partition coefficient (Wildman–Crippen LogP) is 4.30. The summed E-state index contributed by atoms with van der Waals surface area (Å²) in [6.07, 6.45) is 2.43. The van der Waals surface area contributed by atoms with Gasteiger partial charge in [0.25, 0.3) is 0 Å². The van der Waals surface area contributed by atoms with Crippen LogP contribution in [0.4, 0.5) is 0 Å². The molecule has 1 aliphatic rings. The van der Waals surface area contributed by atoms with Crippen LogP contribution in [0.25, 0.3) is 0 Å². The van der Waals surface area contributed by atoms with Gasteiger partial charge in [-0.1, -0.05) is 41.5 Å². The van der Waals surface area contributed by atoms with Gasteiger partial charge in [-0.2, -0.15) is 0 Å². The Kier molecular flexibility index (Phi) is 5.36. The molecule has 2 atom stereocenters. The number of hydrogen-bond donors (Lipinski definition) is 1. The van der Waals surface area contributed by atoms with Gasteiger partial charge in [-0.25, -0.2) is 0 Å². The Labute approximate surface area is 127 Å². The van der Waals surface area contributed by atoms with Crippen molar-refractivity contribution in [1.82, 2.24) is 10.2 Å². The Morgan fingerprint density at radius 1 is 1.20 bits per heavy atom. The van der Waals surface area contributed by atoms with Crippen molar-refractivity contribution >= 4 is 0 Å². The molecule has 0 aliphatic carbocycles. The van der Waals surface area contributed by atoms with E-state index in [-0.39, 0.29) is 11.1 Å². The van der Waals surface area contributed by atoms with Gasteiger partial charge in [0.2, 0.25) is 0 Å². The van der Waals surface area contributed by atoms with Crippen molar-refractivity contribution in [2.24, 2.45) is 11.3 Å². The minimum Gasteiger partial charge on any atom is -0.309 e. The second kappa shape index (κ2) is 5.96. The van der Waals surface area contributed by atoms with Gasteiger partial charge in [-0.3, -0.25) is 4.90 Å². The van der Waals surface area contributed by atoms with Crippen LogP contribution in [0, 0.1) is 11.3 Å². The zero-order valence-electron chi connectivity index (χ0n) is 15.4. The normalized spacial score (nSPS) is 30.0. The van der Waals surface area contributed by atoms with Crippen molar-refractivity contribution < 1.29 is 0 Å². The van der Waals surface area contributed by atoms with Crippen LogP contribution < -0.4 is 5.32 Å². The van der Waals surface area contributed by atoms with Crippen LogP contribution in [0.3, 0.4) is 0 Å². The van der Waals surface area contributed by atoms with Gasteiger partial charge in [0.05, 0.1) is 0 Å². The summed E-state index contributed by atoms with van der Waals surface area (Å²) in [6.45, 7) is 23.7. The molecule has 0 bridgehead atoms. The van der Waals surface area contributed by atoms with Crippen LogP contribution in [-0.4, -0.2) is 35.1 Å². The molecule has 0 aromatic heterocycles. The van der Waals surface area contributed by atoms with E-state index in [0.29, 0.717) is 17.4 Å². The molecule has 1 saturated heterocycles. The second-order valence-electron chi connectivity index (χ2n) is 9.28. The average Bonchev–Trinajstić information content (AvgIpc) is 2.25. The van der Waals surface area contributed by atoms with E-state index < -0.39 is 0 Å².